The summed E-state index contributed by atoms with van der Waals surface area (Å²) in [7, 11) is -3.26. The molecule has 1 heterocycles. The first-order valence-electron chi connectivity index (χ1n) is 4.73. The summed E-state index contributed by atoms with van der Waals surface area (Å²) in [6.45, 7) is 3.84. The molecule has 1 aliphatic heterocycles. The lowest BCUT2D eigenvalue weighted by Gasteiger charge is -2.32. The smallest absolute Gasteiger partial charge is 0.187 e. The fourth-order valence-corrected chi connectivity index (χ4v) is 3.15. The second kappa shape index (κ2) is 2.88. The molecule has 0 spiro atoms. The van der Waals surface area contributed by atoms with Gasteiger partial charge in [-0.3, -0.25) is 0 Å². The minimum Gasteiger partial charge on any atom is -0.399 e. The van der Waals surface area contributed by atoms with E-state index in [1.165, 1.54) is 0 Å². The lowest BCUT2D eigenvalue weighted by Crippen LogP contribution is -2.42. The lowest BCUT2D eigenvalue weighted by atomic mass is 10.2. The molecule has 0 unspecified atom stereocenters. The fourth-order valence-electron chi connectivity index (χ4n) is 1.62. The molecule has 4 nitrogen and oxygen atoms in total. The van der Waals surface area contributed by atoms with Crippen LogP contribution in [0.25, 0.3) is 0 Å². The summed E-state index contributed by atoms with van der Waals surface area (Å²) in [6, 6.07) is 4.83. The quantitative estimate of drug-likeness (QED) is 0.653. The molecule has 0 bridgehead atoms. The summed E-state index contributed by atoms with van der Waals surface area (Å²) in [5, 5.41) is 3.09. The van der Waals surface area contributed by atoms with Crippen molar-refractivity contribution in [3.8, 4) is 0 Å². The van der Waals surface area contributed by atoms with Crippen molar-refractivity contribution >= 4 is 21.2 Å². The van der Waals surface area contributed by atoms with Crippen LogP contribution in [0.2, 0.25) is 0 Å². The minimum atomic E-state index is -3.26. The van der Waals surface area contributed by atoms with Crippen LogP contribution < -0.4 is 11.1 Å². The van der Waals surface area contributed by atoms with Gasteiger partial charge in [-0.15, -0.1) is 0 Å². The Morgan fingerprint density at radius 3 is 2.73 bits per heavy atom. The highest BCUT2D eigenvalue weighted by molar-refractivity contribution is 7.93. The van der Waals surface area contributed by atoms with Gasteiger partial charge in [0.15, 0.2) is 9.84 Å². The van der Waals surface area contributed by atoms with Crippen molar-refractivity contribution in [3.05, 3.63) is 18.2 Å². The molecule has 0 atom stereocenters. The maximum absolute atomic E-state index is 12.2. The van der Waals surface area contributed by atoms with E-state index in [0.29, 0.717) is 22.8 Å². The maximum atomic E-state index is 12.2. The van der Waals surface area contributed by atoms with Crippen LogP contribution in [0, 0.1) is 0 Å². The Morgan fingerprint density at radius 1 is 1.40 bits per heavy atom. The normalized spacial score (nSPS) is 21.5. The van der Waals surface area contributed by atoms with E-state index in [1.54, 1.807) is 32.0 Å². The average Bonchev–Trinajstić information content (AvgIpc) is 2.12. The van der Waals surface area contributed by atoms with Gasteiger partial charge in [-0.1, -0.05) is 0 Å². The Labute approximate surface area is 89.4 Å². The Balaban J connectivity index is 2.69. The largest absolute Gasteiger partial charge is 0.399 e. The number of hydrogen-bond donors (Lipinski definition) is 2. The number of nitrogens with two attached hydrogens (primary N) is 1. The van der Waals surface area contributed by atoms with E-state index in [2.05, 4.69) is 5.32 Å². The zero-order valence-corrected chi connectivity index (χ0v) is 9.56. The number of anilines is 2. The molecule has 0 aromatic heterocycles. The van der Waals surface area contributed by atoms with Gasteiger partial charge < -0.3 is 11.1 Å². The van der Waals surface area contributed by atoms with Gasteiger partial charge in [0, 0.05) is 12.2 Å². The second-order valence-electron chi connectivity index (χ2n) is 4.37. The lowest BCUT2D eigenvalue weighted by molar-refractivity contribution is 0.548. The van der Waals surface area contributed by atoms with Gasteiger partial charge in [0.1, 0.15) is 0 Å². The van der Waals surface area contributed by atoms with E-state index in [-0.39, 0.29) is 0 Å². The summed E-state index contributed by atoms with van der Waals surface area (Å²) < 4.78 is 23.5. The first-order valence-corrected chi connectivity index (χ1v) is 6.21. The van der Waals surface area contributed by atoms with Crippen LogP contribution in [0.1, 0.15) is 13.8 Å². The van der Waals surface area contributed by atoms with Gasteiger partial charge in [-0.25, -0.2) is 8.42 Å². The molecule has 5 heteroatoms. The standard InChI is InChI=1S/C10H14N2O2S/c1-10(2)6-12-8-5-7(11)3-4-9(8)15(10,13)14/h3-5,12H,6,11H2,1-2H3. The number of nitrogen functional groups attached to an aromatic ring is 1. The van der Waals surface area contributed by atoms with Gasteiger partial charge in [0.2, 0.25) is 0 Å². The number of rotatable bonds is 0. The first kappa shape index (κ1) is 10.3. The Kier molecular flexibility index (Phi) is 1.98. The third kappa shape index (κ3) is 1.38. The summed E-state index contributed by atoms with van der Waals surface area (Å²) in [5.74, 6) is 0. The molecule has 3 N–H and O–H groups in total. The summed E-state index contributed by atoms with van der Waals surface area (Å²) in [6.07, 6.45) is 0. The third-order valence-corrected chi connectivity index (χ3v) is 5.26. The molecule has 0 fully saturated rings. The van der Waals surface area contributed by atoms with Gasteiger partial charge in [-0.2, -0.15) is 0 Å². The van der Waals surface area contributed by atoms with Crippen LogP contribution in [0.3, 0.4) is 0 Å². The Morgan fingerprint density at radius 2 is 2.07 bits per heavy atom. The highest BCUT2D eigenvalue weighted by Gasteiger charge is 2.40. The molecule has 1 aromatic carbocycles. The van der Waals surface area contributed by atoms with Gasteiger partial charge in [-0.05, 0) is 32.0 Å². The fraction of sp³-hybridized carbons (Fsp3) is 0.400. The van der Waals surface area contributed by atoms with Crippen LogP contribution in [0.15, 0.2) is 23.1 Å². The van der Waals surface area contributed by atoms with Crippen LogP contribution in [0.5, 0.6) is 0 Å². The SMILES string of the molecule is CC1(C)CNc2cc(N)ccc2S1(=O)=O. The molecular formula is C10H14N2O2S. The van der Waals surface area contributed by atoms with E-state index in [0.717, 1.165) is 0 Å². The topological polar surface area (TPSA) is 72.2 Å². The summed E-state index contributed by atoms with van der Waals surface area (Å²) in [4.78, 5) is 0.341. The van der Waals surface area contributed by atoms with Crippen LogP contribution in [-0.2, 0) is 9.84 Å². The molecule has 0 radical (unpaired) electrons. The van der Waals surface area contributed by atoms with Crippen molar-refractivity contribution in [2.24, 2.45) is 0 Å². The van der Waals surface area contributed by atoms with Crippen LogP contribution >= 0.6 is 0 Å². The minimum absolute atomic E-state index is 0.341. The number of hydrogen-bond acceptors (Lipinski definition) is 4. The van der Waals surface area contributed by atoms with Crippen molar-refractivity contribution in [2.75, 3.05) is 17.6 Å². The van der Waals surface area contributed by atoms with Gasteiger partial charge >= 0.3 is 0 Å². The van der Waals surface area contributed by atoms with E-state index in [1.807, 2.05) is 0 Å². The average molecular weight is 226 g/mol. The predicted molar refractivity (Wildman–Crippen MR) is 60.6 cm³/mol. The number of fused-ring (bicyclic) bond motifs is 1. The Bertz CT molecular complexity index is 506. The van der Waals surface area contributed by atoms with Crippen molar-refractivity contribution in [3.63, 3.8) is 0 Å². The third-order valence-electron chi connectivity index (χ3n) is 2.73. The predicted octanol–water partition coefficient (Wildman–Crippen LogP) is 1.25. The second-order valence-corrected chi connectivity index (χ2v) is 6.92. The molecule has 0 aliphatic carbocycles. The highest BCUT2D eigenvalue weighted by Crippen LogP contribution is 2.36. The zero-order chi connectivity index (χ0) is 11.3. The molecule has 1 aliphatic rings. The van der Waals surface area contributed by atoms with Crippen molar-refractivity contribution in [1.29, 1.82) is 0 Å². The number of sulfone groups is 1. The van der Waals surface area contributed by atoms with Crippen molar-refractivity contribution in [2.45, 2.75) is 23.5 Å². The summed E-state index contributed by atoms with van der Waals surface area (Å²) >= 11 is 0. The van der Waals surface area contributed by atoms with Gasteiger partial charge in [0.05, 0.1) is 15.3 Å². The van der Waals surface area contributed by atoms with Crippen LogP contribution in [-0.4, -0.2) is 19.7 Å². The van der Waals surface area contributed by atoms with E-state index in [4.69, 9.17) is 5.73 Å². The monoisotopic (exact) mass is 226 g/mol. The summed E-state index contributed by atoms with van der Waals surface area (Å²) in [5.41, 5.74) is 6.77. The molecular weight excluding hydrogens is 212 g/mol. The first-order chi connectivity index (χ1) is 6.84. The molecule has 15 heavy (non-hydrogen) atoms. The van der Waals surface area contributed by atoms with Crippen LogP contribution in [0.4, 0.5) is 11.4 Å². The molecule has 0 amide bonds. The Hall–Kier alpha value is -1.23. The molecule has 82 valence electrons. The number of benzene rings is 1. The zero-order valence-electron chi connectivity index (χ0n) is 8.74. The maximum Gasteiger partial charge on any atom is 0.187 e. The van der Waals surface area contributed by atoms with E-state index >= 15 is 0 Å². The number of nitrogens with one attached hydrogen (secondary N) is 1. The molecule has 1 aromatic rings. The van der Waals surface area contributed by atoms with Gasteiger partial charge in [0.25, 0.3) is 0 Å². The highest BCUT2D eigenvalue weighted by atomic mass is 32.2. The van der Waals surface area contributed by atoms with E-state index < -0.39 is 14.6 Å². The molecule has 0 saturated carbocycles. The van der Waals surface area contributed by atoms with Crippen molar-refractivity contribution < 1.29 is 8.42 Å². The van der Waals surface area contributed by atoms with E-state index in [9.17, 15) is 8.42 Å². The molecule has 0 saturated heterocycles. The molecule has 2 rings (SSSR count). The van der Waals surface area contributed by atoms with Crippen molar-refractivity contribution in [1.82, 2.24) is 0 Å².